The number of fused-ring (bicyclic) bond motifs is 1. The van der Waals surface area contributed by atoms with Gasteiger partial charge in [0.2, 0.25) is 0 Å². The predicted molar refractivity (Wildman–Crippen MR) is 60.4 cm³/mol. The molecule has 5 nitrogen and oxygen atoms in total. The zero-order valence-corrected chi connectivity index (χ0v) is 9.15. The number of halogens is 1. The Hall–Kier alpha value is -1.69. The van der Waals surface area contributed by atoms with Gasteiger partial charge in [0, 0.05) is 12.4 Å². The second-order valence-electron chi connectivity index (χ2n) is 2.84. The summed E-state index contributed by atoms with van der Waals surface area (Å²) in [5.41, 5.74) is 7.04. The maximum atomic E-state index is 10.7. The number of benzene rings is 1. The van der Waals surface area contributed by atoms with E-state index < -0.39 is 6.03 Å². The Morgan fingerprint density at radius 2 is 2.07 bits per heavy atom. The first-order valence-electron chi connectivity index (χ1n) is 4.14. The third-order valence-electron chi connectivity index (χ3n) is 1.84. The lowest BCUT2D eigenvalue weighted by Crippen LogP contribution is -2.19. The van der Waals surface area contributed by atoms with E-state index in [4.69, 9.17) is 5.73 Å². The number of primary amides is 1. The molecule has 0 unspecified atom stereocenters. The van der Waals surface area contributed by atoms with E-state index in [1.165, 1.54) is 0 Å². The summed E-state index contributed by atoms with van der Waals surface area (Å²) in [6, 6.07) is 2.86. The summed E-state index contributed by atoms with van der Waals surface area (Å²) < 4.78 is 0.673. The fourth-order valence-electron chi connectivity index (χ4n) is 1.23. The van der Waals surface area contributed by atoms with Gasteiger partial charge < -0.3 is 11.1 Å². The van der Waals surface area contributed by atoms with Gasteiger partial charge in [-0.05, 0) is 28.1 Å². The lowest BCUT2D eigenvalue weighted by atomic mass is 10.2. The van der Waals surface area contributed by atoms with E-state index in [9.17, 15) is 4.79 Å². The van der Waals surface area contributed by atoms with Crippen LogP contribution in [-0.4, -0.2) is 16.0 Å². The molecular weight excluding hydrogens is 260 g/mol. The van der Waals surface area contributed by atoms with Gasteiger partial charge in [0.05, 0.1) is 15.7 Å². The van der Waals surface area contributed by atoms with E-state index in [0.717, 1.165) is 5.52 Å². The number of carbonyl (C=O) groups is 1. The highest BCUT2D eigenvalue weighted by Gasteiger charge is 2.07. The number of hydrogen-bond acceptors (Lipinski definition) is 3. The molecule has 2 rings (SSSR count). The van der Waals surface area contributed by atoms with E-state index in [0.29, 0.717) is 15.7 Å². The maximum absolute atomic E-state index is 10.7. The van der Waals surface area contributed by atoms with E-state index in [-0.39, 0.29) is 0 Å². The molecule has 1 aromatic carbocycles. The van der Waals surface area contributed by atoms with Gasteiger partial charge in [-0.2, -0.15) is 0 Å². The minimum Gasteiger partial charge on any atom is -0.351 e. The van der Waals surface area contributed by atoms with Crippen molar-refractivity contribution in [2.75, 3.05) is 5.32 Å². The summed E-state index contributed by atoms with van der Waals surface area (Å²) in [5.74, 6) is 0. The van der Waals surface area contributed by atoms with Crippen LogP contribution in [0, 0.1) is 0 Å². The quantitative estimate of drug-likeness (QED) is 0.827. The summed E-state index contributed by atoms with van der Waals surface area (Å²) in [6.45, 7) is 0. The van der Waals surface area contributed by atoms with Crippen LogP contribution in [-0.2, 0) is 0 Å². The predicted octanol–water partition coefficient (Wildman–Crippen LogP) is 1.88. The van der Waals surface area contributed by atoms with Gasteiger partial charge in [0.25, 0.3) is 0 Å². The first-order valence-corrected chi connectivity index (χ1v) is 4.93. The first-order chi connectivity index (χ1) is 7.18. The molecule has 1 aromatic heterocycles. The van der Waals surface area contributed by atoms with E-state index >= 15 is 0 Å². The molecule has 0 fully saturated rings. The maximum Gasteiger partial charge on any atom is 0.316 e. The highest BCUT2D eigenvalue weighted by molar-refractivity contribution is 9.10. The second kappa shape index (κ2) is 3.82. The molecular formula is C9H7BrN4O. The van der Waals surface area contributed by atoms with Crippen LogP contribution in [0.4, 0.5) is 10.5 Å². The summed E-state index contributed by atoms with van der Waals surface area (Å²) >= 11 is 3.34. The van der Waals surface area contributed by atoms with Crippen LogP contribution in [0.25, 0.3) is 11.0 Å². The second-order valence-corrected chi connectivity index (χ2v) is 3.63. The number of nitrogens with zero attached hydrogens (tertiary/aromatic N) is 2. The highest BCUT2D eigenvalue weighted by atomic mass is 79.9. The van der Waals surface area contributed by atoms with Crippen molar-refractivity contribution in [1.29, 1.82) is 0 Å². The number of nitrogens with two attached hydrogens (primary N) is 1. The Balaban J connectivity index is 2.59. The van der Waals surface area contributed by atoms with Gasteiger partial charge in [0.1, 0.15) is 5.52 Å². The SMILES string of the molecule is NC(=O)Nc1ccc2nccnc2c1Br. The van der Waals surface area contributed by atoms with Crippen molar-refractivity contribution in [2.45, 2.75) is 0 Å². The average Bonchev–Trinajstić information content (AvgIpc) is 2.22. The van der Waals surface area contributed by atoms with Crippen molar-refractivity contribution in [2.24, 2.45) is 5.73 Å². The normalized spacial score (nSPS) is 10.2. The Morgan fingerprint density at radius 3 is 2.80 bits per heavy atom. The van der Waals surface area contributed by atoms with Crippen LogP contribution in [0.1, 0.15) is 0 Å². The number of anilines is 1. The number of nitrogens with one attached hydrogen (secondary N) is 1. The Morgan fingerprint density at radius 1 is 1.33 bits per heavy atom. The minimum atomic E-state index is -0.612. The lowest BCUT2D eigenvalue weighted by molar-refractivity contribution is 0.259. The Labute approximate surface area is 93.8 Å². The molecule has 0 aliphatic carbocycles. The fourth-order valence-corrected chi connectivity index (χ4v) is 1.77. The third-order valence-corrected chi connectivity index (χ3v) is 2.64. The summed E-state index contributed by atoms with van der Waals surface area (Å²) in [5, 5.41) is 2.49. The average molecular weight is 267 g/mol. The number of hydrogen-bond donors (Lipinski definition) is 2. The van der Waals surface area contributed by atoms with Crippen LogP contribution in [0.15, 0.2) is 29.0 Å². The number of rotatable bonds is 1. The van der Waals surface area contributed by atoms with Crippen molar-refractivity contribution in [3.05, 3.63) is 29.0 Å². The van der Waals surface area contributed by atoms with Crippen LogP contribution < -0.4 is 11.1 Å². The summed E-state index contributed by atoms with van der Waals surface area (Å²) in [4.78, 5) is 19.0. The van der Waals surface area contributed by atoms with Gasteiger partial charge in [0.15, 0.2) is 0 Å². The largest absolute Gasteiger partial charge is 0.351 e. The van der Waals surface area contributed by atoms with Gasteiger partial charge in [-0.1, -0.05) is 0 Å². The van der Waals surface area contributed by atoms with Gasteiger partial charge in [-0.3, -0.25) is 9.97 Å². The molecule has 2 amide bonds. The molecule has 1 heterocycles. The molecule has 0 spiro atoms. The summed E-state index contributed by atoms with van der Waals surface area (Å²) in [6.07, 6.45) is 3.19. The smallest absolute Gasteiger partial charge is 0.316 e. The van der Waals surface area contributed by atoms with Crippen LogP contribution in [0.5, 0.6) is 0 Å². The van der Waals surface area contributed by atoms with Gasteiger partial charge >= 0.3 is 6.03 Å². The Kier molecular flexibility index (Phi) is 2.51. The highest BCUT2D eigenvalue weighted by Crippen LogP contribution is 2.28. The van der Waals surface area contributed by atoms with Crippen molar-refractivity contribution in [1.82, 2.24) is 9.97 Å². The van der Waals surface area contributed by atoms with Gasteiger partial charge in [-0.15, -0.1) is 0 Å². The minimum absolute atomic E-state index is 0.579. The van der Waals surface area contributed by atoms with E-state index in [2.05, 4.69) is 31.2 Å². The molecule has 0 radical (unpaired) electrons. The number of urea groups is 1. The standard InChI is InChI=1S/C9H7BrN4O/c10-7-5(14-9(11)15)1-2-6-8(7)13-4-3-12-6/h1-4H,(H3,11,14,15). The van der Waals surface area contributed by atoms with Gasteiger partial charge in [-0.25, -0.2) is 4.79 Å². The lowest BCUT2D eigenvalue weighted by Gasteiger charge is -2.06. The monoisotopic (exact) mass is 266 g/mol. The van der Waals surface area contributed by atoms with Crippen LogP contribution in [0.3, 0.4) is 0 Å². The molecule has 0 aliphatic rings. The van der Waals surface area contributed by atoms with Crippen LogP contribution >= 0.6 is 15.9 Å². The third kappa shape index (κ3) is 1.89. The molecule has 3 N–H and O–H groups in total. The molecule has 15 heavy (non-hydrogen) atoms. The summed E-state index contributed by atoms with van der Waals surface area (Å²) in [7, 11) is 0. The van der Waals surface area contributed by atoms with Crippen molar-refractivity contribution in [3.63, 3.8) is 0 Å². The molecule has 0 aliphatic heterocycles. The van der Waals surface area contributed by atoms with Crippen molar-refractivity contribution < 1.29 is 4.79 Å². The van der Waals surface area contributed by atoms with E-state index in [1.807, 2.05) is 0 Å². The molecule has 0 bridgehead atoms. The fraction of sp³-hybridized carbons (Fsp3) is 0. The Bertz CT molecular complexity index is 529. The zero-order valence-electron chi connectivity index (χ0n) is 7.57. The number of aromatic nitrogens is 2. The molecule has 6 heteroatoms. The van der Waals surface area contributed by atoms with E-state index in [1.54, 1.807) is 24.5 Å². The number of carbonyl (C=O) groups excluding carboxylic acids is 1. The molecule has 0 saturated carbocycles. The molecule has 2 aromatic rings. The molecule has 0 atom stereocenters. The van der Waals surface area contributed by atoms with Crippen molar-refractivity contribution in [3.8, 4) is 0 Å². The van der Waals surface area contributed by atoms with Crippen molar-refractivity contribution >= 4 is 38.7 Å². The topological polar surface area (TPSA) is 80.9 Å². The molecule has 0 saturated heterocycles. The number of amides is 2. The molecule has 76 valence electrons. The first kappa shape index (κ1) is 9.85. The zero-order chi connectivity index (χ0) is 10.8. The van der Waals surface area contributed by atoms with Crippen LogP contribution in [0.2, 0.25) is 0 Å².